The molecule has 1 N–H and O–H groups in total. The second-order valence-corrected chi connectivity index (χ2v) is 7.04. The zero-order valence-corrected chi connectivity index (χ0v) is 14.2. The van der Waals surface area contributed by atoms with E-state index >= 15 is 0 Å². The van der Waals surface area contributed by atoms with Crippen LogP contribution in [0.25, 0.3) is 0 Å². The lowest BCUT2D eigenvalue weighted by molar-refractivity contribution is -0.115. The van der Waals surface area contributed by atoms with Gasteiger partial charge in [-0.05, 0) is 47.5 Å². The first-order valence-corrected chi connectivity index (χ1v) is 8.20. The molecule has 1 aromatic carbocycles. The standard InChI is InChI=1S/C14H18ClN5OS/c1-9(2)8-20-14(17-18-19-20)22-10(3)13(21)16-12-6-4-11(15)5-7-12/h4-7,9-10H,8H2,1-3H3,(H,16,21)/t10-/m1/s1. The third kappa shape index (κ3) is 4.71. The van der Waals surface area contributed by atoms with Crippen LogP contribution < -0.4 is 5.32 Å². The number of tetrazole rings is 1. The van der Waals surface area contributed by atoms with E-state index in [1.165, 1.54) is 11.8 Å². The van der Waals surface area contributed by atoms with Gasteiger partial charge in [-0.1, -0.05) is 37.2 Å². The van der Waals surface area contributed by atoms with Gasteiger partial charge >= 0.3 is 0 Å². The molecule has 0 saturated carbocycles. The largest absolute Gasteiger partial charge is 0.325 e. The number of carbonyl (C=O) groups excluding carboxylic acids is 1. The molecule has 0 aliphatic carbocycles. The van der Waals surface area contributed by atoms with Gasteiger partial charge in [-0.3, -0.25) is 4.79 Å². The summed E-state index contributed by atoms with van der Waals surface area (Å²) < 4.78 is 1.72. The quantitative estimate of drug-likeness (QED) is 0.819. The Balaban J connectivity index is 1.96. The fourth-order valence-corrected chi connectivity index (χ4v) is 2.65. The summed E-state index contributed by atoms with van der Waals surface area (Å²) >= 11 is 7.16. The molecule has 1 atom stereocenters. The Bertz CT molecular complexity index is 628. The van der Waals surface area contributed by atoms with Gasteiger partial charge in [-0.15, -0.1) is 5.10 Å². The van der Waals surface area contributed by atoms with Crippen LogP contribution in [0.4, 0.5) is 5.69 Å². The number of thioether (sulfide) groups is 1. The van der Waals surface area contributed by atoms with E-state index in [1.54, 1.807) is 28.9 Å². The van der Waals surface area contributed by atoms with Crippen molar-refractivity contribution in [2.45, 2.75) is 37.7 Å². The van der Waals surface area contributed by atoms with Crippen LogP contribution in [0.3, 0.4) is 0 Å². The van der Waals surface area contributed by atoms with E-state index in [0.717, 1.165) is 6.54 Å². The minimum absolute atomic E-state index is 0.105. The lowest BCUT2D eigenvalue weighted by atomic mass is 10.2. The minimum Gasteiger partial charge on any atom is -0.325 e. The van der Waals surface area contributed by atoms with Crippen molar-refractivity contribution in [3.63, 3.8) is 0 Å². The summed E-state index contributed by atoms with van der Waals surface area (Å²) in [5.41, 5.74) is 0.712. The highest BCUT2D eigenvalue weighted by Gasteiger charge is 2.19. The van der Waals surface area contributed by atoms with Crippen molar-refractivity contribution in [1.82, 2.24) is 20.2 Å². The van der Waals surface area contributed by atoms with E-state index in [0.29, 0.717) is 21.8 Å². The van der Waals surface area contributed by atoms with Gasteiger partial charge < -0.3 is 5.32 Å². The molecule has 0 aliphatic heterocycles. The molecule has 8 heteroatoms. The van der Waals surface area contributed by atoms with Crippen LogP contribution in [0.15, 0.2) is 29.4 Å². The van der Waals surface area contributed by atoms with E-state index < -0.39 is 0 Å². The predicted molar refractivity (Wildman–Crippen MR) is 88.1 cm³/mol. The van der Waals surface area contributed by atoms with Gasteiger partial charge in [-0.2, -0.15) is 0 Å². The first-order chi connectivity index (χ1) is 10.5. The average Bonchev–Trinajstić information content (AvgIpc) is 2.87. The molecule has 2 rings (SSSR count). The number of nitrogens with zero attached hydrogens (tertiary/aromatic N) is 4. The van der Waals surface area contributed by atoms with E-state index in [1.807, 2.05) is 6.92 Å². The summed E-state index contributed by atoms with van der Waals surface area (Å²) in [6.45, 7) is 6.73. The maximum absolute atomic E-state index is 12.2. The number of benzene rings is 1. The first-order valence-electron chi connectivity index (χ1n) is 6.95. The molecule has 6 nitrogen and oxygen atoms in total. The van der Waals surface area contributed by atoms with Crippen molar-refractivity contribution in [3.05, 3.63) is 29.3 Å². The zero-order chi connectivity index (χ0) is 16.1. The number of rotatable bonds is 6. The monoisotopic (exact) mass is 339 g/mol. The lowest BCUT2D eigenvalue weighted by Gasteiger charge is -2.12. The molecule has 1 heterocycles. The van der Waals surface area contributed by atoms with Gasteiger partial charge in [0.25, 0.3) is 0 Å². The van der Waals surface area contributed by atoms with Crippen molar-refractivity contribution in [1.29, 1.82) is 0 Å². The smallest absolute Gasteiger partial charge is 0.237 e. The number of hydrogen-bond acceptors (Lipinski definition) is 5. The number of anilines is 1. The SMILES string of the molecule is CC(C)Cn1nnnc1S[C@H](C)C(=O)Nc1ccc(Cl)cc1. The second-order valence-electron chi connectivity index (χ2n) is 5.29. The molecule has 1 amide bonds. The van der Waals surface area contributed by atoms with Gasteiger partial charge in [0, 0.05) is 17.3 Å². The van der Waals surface area contributed by atoms with Crippen LogP contribution in [0.5, 0.6) is 0 Å². The fourth-order valence-electron chi connectivity index (χ4n) is 1.73. The molecule has 118 valence electrons. The van der Waals surface area contributed by atoms with Crippen LogP contribution in [0.1, 0.15) is 20.8 Å². The van der Waals surface area contributed by atoms with Gasteiger partial charge in [0.1, 0.15) is 0 Å². The predicted octanol–water partition coefficient (Wildman–Crippen LogP) is 3.10. The molecule has 0 saturated heterocycles. The maximum atomic E-state index is 12.2. The zero-order valence-electron chi connectivity index (χ0n) is 12.7. The molecule has 0 radical (unpaired) electrons. The highest BCUT2D eigenvalue weighted by atomic mass is 35.5. The molecule has 2 aromatic rings. The molecule has 0 fully saturated rings. The first kappa shape index (κ1) is 16.8. The number of halogens is 1. The molecular formula is C14H18ClN5OS. The molecule has 0 bridgehead atoms. The number of hydrogen-bond donors (Lipinski definition) is 1. The van der Waals surface area contributed by atoms with Gasteiger partial charge in [0.2, 0.25) is 11.1 Å². The normalized spacial score (nSPS) is 12.4. The van der Waals surface area contributed by atoms with Gasteiger partial charge in [0.15, 0.2) is 0 Å². The summed E-state index contributed by atoms with van der Waals surface area (Å²) in [7, 11) is 0. The van der Waals surface area contributed by atoms with E-state index in [4.69, 9.17) is 11.6 Å². The average molecular weight is 340 g/mol. The van der Waals surface area contributed by atoms with Crippen molar-refractivity contribution in [2.24, 2.45) is 5.92 Å². The highest BCUT2D eigenvalue weighted by molar-refractivity contribution is 8.00. The van der Waals surface area contributed by atoms with E-state index in [-0.39, 0.29) is 11.2 Å². The number of carbonyl (C=O) groups is 1. The fraction of sp³-hybridized carbons (Fsp3) is 0.429. The van der Waals surface area contributed by atoms with Crippen LogP contribution in [0.2, 0.25) is 5.02 Å². The molecule has 0 spiro atoms. The van der Waals surface area contributed by atoms with E-state index in [9.17, 15) is 4.79 Å². The van der Waals surface area contributed by atoms with Gasteiger partial charge in [-0.25, -0.2) is 4.68 Å². The Hall–Kier alpha value is -1.60. The number of amides is 1. The third-order valence-corrected chi connectivity index (χ3v) is 4.12. The van der Waals surface area contributed by atoms with Crippen molar-refractivity contribution in [3.8, 4) is 0 Å². The summed E-state index contributed by atoms with van der Waals surface area (Å²) in [6, 6.07) is 7.00. The van der Waals surface area contributed by atoms with Crippen LogP contribution >= 0.6 is 23.4 Å². The third-order valence-electron chi connectivity index (χ3n) is 2.80. The Labute approximate surface area is 138 Å². The van der Waals surface area contributed by atoms with Crippen molar-refractivity contribution < 1.29 is 4.79 Å². The van der Waals surface area contributed by atoms with E-state index in [2.05, 4.69) is 34.7 Å². The molecular weight excluding hydrogens is 322 g/mol. The Morgan fingerprint density at radius 1 is 1.32 bits per heavy atom. The highest BCUT2D eigenvalue weighted by Crippen LogP contribution is 2.22. The Morgan fingerprint density at radius 3 is 2.64 bits per heavy atom. The summed E-state index contributed by atoms with van der Waals surface area (Å²) in [6.07, 6.45) is 0. The Morgan fingerprint density at radius 2 is 2.00 bits per heavy atom. The molecule has 22 heavy (non-hydrogen) atoms. The molecule has 0 unspecified atom stereocenters. The van der Waals surface area contributed by atoms with Gasteiger partial charge in [0.05, 0.1) is 5.25 Å². The van der Waals surface area contributed by atoms with Crippen molar-refractivity contribution in [2.75, 3.05) is 5.32 Å². The van der Waals surface area contributed by atoms with Crippen molar-refractivity contribution >= 4 is 35.0 Å². The summed E-state index contributed by atoms with van der Waals surface area (Å²) in [4.78, 5) is 12.2. The number of nitrogens with one attached hydrogen (secondary N) is 1. The lowest BCUT2D eigenvalue weighted by Crippen LogP contribution is -2.23. The minimum atomic E-state index is -0.312. The number of aromatic nitrogens is 4. The Kier molecular flexibility index (Phi) is 5.79. The molecule has 0 aliphatic rings. The molecule has 1 aromatic heterocycles. The van der Waals surface area contributed by atoms with Crippen LogP contribution in [-0.4, -0.2) is 31.4 Å². The maximum Gasteiger partial charge on any atom is 0.237 e. The van der Waals surface area contributed by atoms with Crippen LogP contribution in [0, 0.1) is 5.92 Å². The van der Waals surface area contributed by atoms with Crippen LogP contribution in [-0.2, 0) is 11.3 Å². The summed E-state index contributed by atoms with van der Waals surface area (Å²) in [5.74, 6) is 0.326. The topological polar surface area (TPSA) is 72.7 Å². The second kappa shape index (κ2) is 7.60. The summed E-state index contributed by atoms with van der Waals surface area (Å²) in [5, 5.41) is 15.4.